The minimum Gasteiger partial charge on any atom is -0.779 e. The van der Waals surface area contributed by atoms with Crippen LogP contribution >= 0.6 is 7.60 Å². The van der Waals surface area contributed by atoms with Crippen LogP contribution in [0.15, 0.2) is 48.5 Å². The average molecular weight is 351 g/mol. The van der Waals surface area contributed by atoms with E-state index in [4.69, 9.17) is 0 Å². The van der Waals surface area contributed by atoms with Crippen molar-refractivity contribution in [1.29, 1.82) is 0 Å². The molecule has 0 saturated carbocycles. The monoisotopic (exact) mass is 351 g/mol. The van der Waals surface area contributed by atoms with Crippen molar-refractivity contribution in [1.82, 2.24) is 0 Å². The fourth-order valence-electron chi connectivity index (χ4n) is 2.29. The van der Waals surface area contributed by atoms with E-state index in [1.54, 1.807) is 0 Å². The number of nitro benzene ring substituents is 2. The summed E-state index contributed by atoms with van der Waals surface area (Å²) in [5.41, 5.74) is 0.546. The molecule has 10 heteroatoms. The SMILES string of the molecule is O=[N+]([O-])c1ccc(C(CP(=O)([O-])O)c2ccc([N+](=O)[O-])cc2)cc1. The second-order valence-electron chi connectivity index (χ2n) is 5.07. The first-order chi connectivity index (χ1) is 11.2. The Kier molecular flexibility index (Phi) is 5.08. The maximum Gasteiger partial charge on any atom is 0.269 e. The Morgan fingerprint density at radius 3 is 1.46 bits per heavy atom. The van der Waals surface area contributed by atoms with Crippen molar-refractivity contribution in [3.8, 4) is 0 Å². The summed E-state index contributed by atoms with van der Waals surface area (Å²) in [5, 5.41) is 21.4. The number of nitro groups is 2. The molecule has 1 unspecified atom stereocenters. The molecule has 0 aromatic heterocycles. The zero-order valence-corrected chi connectivity index (χ0v) is 13.0. The third kappa shape index (κ3) is 4.45. The minimum atomic E-state index is -4.63. The molecule has 0 fully saturated rings. The van der Waals surface area contributed by atoms with Gasteiger partial charge in [0.05, 0.1) is 9.85 Å². The van der Waals surface area contributed by atoms with Crippen LogP contribution in [0, 0.1) is 20.2 Å². The van der Waals surface area contributed by atoms with E-state index in [1.165, 1.54) is 48.5 Å². The van der Waals surface area contributed by atoms with Crippen LogP contribution in [0.3, 0.4) is 0 Å². The van der Waals surface area contributed by atoms with E-state index in [1.807, 2.05) is 0 Å². The molecule has 0 spiro atoms. The molecule has 2 rings (SSSR count). The van der Waals surface area contributed by atoms with Crippen molar-refractivity contribution in [3.63, 3.8) is 0 Å². The molecular formula is C14H12N2O7P-. The highest BCUT2D eigenvalue weighted by Gasteiger charge is 2.21. The second-order valence-corrected chi connectivity index (χ2v) is 6.71. The number of hydrogen-bond donors (Lipinski definition) is 1. The Morgan fingerprint density at radius 1 is 0.875 bits per heavy atom. The van der Waals surface area contributed by atoms with E-state index < -0.39 is 29.5 Å². The van der Waals surface area contributed by atoms with E-state index >= 15 is 0 Å². The van der Waals surface area contributed by atoms with Gasteiger partial charge in [0.15, 0.2) is 0 Å². The lowest BCUT2D eigenvalue weighted by Crippen LogP contribution is -2.13. The summed E-state index contributed by atoms with van der Waals surface area (Å²) < 4.78 is 11.3. The molecule has 2 aromatic carbocycles. The van der Waals surface area contributed by atoms with Crippen LogP contribution in [0.4, 0.5) is 11.4 Å². The molecule has 24 heavy (non-hydrogen) atoms. The molecule has 1 atom stereocenters. The van der Waals surface area contributed by atoms with Crippen LogP contribution in [0.5, 0.6) is 0 Å². The summed E-state index contributed by atoms with van der Waals surface area (Å²) in [6.07, 6.45) is -0.622. The molecule has 0 radical (unpaired) electrons. The minimum absolute atomic E-state index is 0.157. The van der Waals surface area contributed by atoms with Gasteiger partial charge in [-0.05, 0) is 11.1 Å². The van der Waals surface area contributed by atoms with Crippen LogP contribution in [-0.2, 0) is 4.57 Å². The van der Waals surface area contributed by atoms with Gasteiger partial charge >= 0.3 is 0 Å². The van der Waals surface area contributed by atoms with Gasteiger partial charge in [-0.15, -0.1) is 0 Å². The molecule has 0 heterocycles. The van der Waals surface area contributed by atoms with Crippen molar-refractivity contribution in [2.24, 2.45) is 0 Å². The van der Waals surface area contributed by atoms with E-state index in [2.05, 4.69) is 0 Å². The molecule has 1 N–H and O–H groups in total. The van der Waals surface area contributed by atoms with Gasteiger partial charge in [0, 0.05) is 36.3 Å². The number of benzene rings is 2. The van der Waals surface area contributed by atoms with Crippen LogP contribution in [-0.4, -0.2) is 20.9 Å². The Labute approximate surface area is 136 Å². The molecule has 0 amide bonds. The molecule has 126 valence electrons. The van der Waals surface area contributed by atoms with Crippen LogP contribution in [0.1, 0.15) is 17.0 Å². The highest BCUT2D eigenvalue weighted by atomic mass is 31.2. The molecule has 0 bridgehead atoms. The topological polar surface area (TPSA) is 147 Å². The van der Waals surface area contributed by atoms with Crippen molar-refractivity contribution in [2.75, 3.05) is 6.16 Å². The first-order valence-electron chi connectivity index (χ1n) is 6.69. The summed E-state index contributed by atoms with van der Waals surface area (Å²) in [4.78, 5) is 40.7. The van der Waals surface area contributed by atoms with Gasteiger partial charge in [0.1, 0.15) is 7.60 Å². The number of non-ortho nitro benzene ring substituents is 2. The smallest absolute Gasteiger partial charge is 0.269 e. The maximum atomic E-state index is 11.3. The molecule has 9 nitrogen and oxygen atoms in total. The quantitative estimate of drug-likeness (QED) is 0.476. The summed E-state index contributed by atoms with van der Waals surface area (Å²) in [6.45, 7) is 0. The predicted molar refractivity (Wildman–Crippen MR) is 82.7 cm³/mol. The molecule has 0 aliphatic carbocycles. The summed E-state index contributed by atoms with van der Waals surface area (Å²) in [7, 11) is -4.63. The summed E-state index contributed by atoms with van der Waals surface area (Å²) in [6, 6.07) is 10.4. The highest BCUT2D eigenvalue weighted by molar-refractivity contribution is 7.50. The van der Waals surface area contributed by atoms with E-state index in [0.717, 1.165) is 0 Å². The van der Waals surface area contributed by atoms with E-state index in [0.29, 0.717) is 11.1 Å². The number of rotatable bonds is 6. The highest BCUT2D eigenvalue weighted by Crippen LogP contribution is 2.40. The number of nitrogens with zero attached hydrogens (tertiary/aromatic N) is 2. The van der Waals surface area contributed by atoms with Crippen LogP contribution in [0.25, 0.3) is 0 Å². The molecule has 0 aliphatic rings. The number of hydrogen-bond acceptors (Lipinski definition) is 6. The molecular weight excluding hydrogens is 339 g/mol. The standard InChI is InChI=1S/C14H13N2O7P/c17-15(18)12-5-1-10(2-6-12)14(9-24(21,22)23)11-3-7-13(8-4-11)16(19)20/h1-8,14H,9H2,(H2,21,22,23)/p-1. The average Bonchev–Trinajstić information content (AvgIpc) is 2.52. The molecule has 0 saturated heterocycles. The van der Waals surface area contributed by atoms with Crippen LogP contribution < -0.4 is 4.89 Å². The normalized spacial score (nSPS) is 13.5. The Hall–Kier alpha value is -2.61. The summed E-state index contributed by atoms with van der Waals surface area (Å²) in [5.74, 6) is -0.806. The lowest BCUT2D eigenvalue weighted by molar-refractivity contribution is -0.385. The zero-order valence-electron chi connectivity index (χ0n) is 12.1. The van der Waals surface area contributed by atoms with Crippen molar-refractivity contribution in [2.45, 2.75) is 5.92 Å². The lowest BCUT2D eigenvalue weighted by Gasteiger charge is -2.24. The maximum absolute atomic E-state index is 11.3. The van der Waals surface area contributed by atoms with Crippen LogP contribution in [0.2, 0.25) is 0 Å². The second kappa shape index (κ2) is 6.88. The lowest BCUT2D eigenvalue weighted by atomic mass is 9.92. The first kappa shape index (κ1) is 17.7. The first-order valence-corrected chi connectivity index (χ1v) is 8.45. The Morgan fingerprint density at radius 2 is 1.21 bits per heavy atom. The van der Waals surface area contributed by atoms with Gasteiger partial charge in [-0.2, -0.15) is 0 Å². The fraction of sp³-hybridized carbons (Fsp3) is 0.143. The van der Waals surface area contributed by atoms with Gasteiger partial charge in [-0.3, -0.25) is 20.2 Å². The largest absolute Gasteiger partial charge is 0.779 e. The predicted octanol–water partition coefficient (Wildman–Crippen LogP) is 2.18. The van der Waals surface area contributed by atoms with Crippen molar-refractivity contribution < 1.29 is 24.2 Å². The fourth-order valence-corrected chi connectivity index (χ4v) is 3.17. The molecule has 0 aliphatic heterocycles. The van der Waals surface area contributed by atoms with Crippen molar-refractivity contribution >= 4 is 19.0 Å². The third-order valence-electron chi connectivity index (χ3n) is 3.43. The third-order valence-corrected chi connectivity index (χ3v) is 4.25. The zero-order chi connectivity index (χ0) is 17.9. The van der Waals surface area contributed by atoms with Gasteiger partial charge in [-0.1, -0.05) is 24.3 Å². The Bertz CT molecular complexity index is 741. The Balaban J connectivity index is 2.42. The van der Waals surface area contributed by atoms with Gasteiger partial charge in [-0.25, -0.2) is 0 Å². The van der Waals surface area contributed by atoms with E-state index in [9.17, 15) is 34.6 Å². The molecule has 2 aromatic rings. The van der Waals surface area contributed by atoms with Gasteiger partial charge < -0.3 is 14.4 Å². The van der Waals surface area contributed by atoms with Gasteiger partial charge in [0.2, 0.25) is 0 Å². The van der Waals surface area contributed by atoms with Crippen molar-refractivity contribution in [3.05, 3.63) is 79.9 Å². The summed E-state index contributed by atoms with van der Waals surface area (Å²) >= 11 is 0. The van der Waals surface area contributed by atoms with E-state index in [-0.39, 0.29) is 11.4 Å². The van der Waals surface area contributed by atoms with Gasteiger partial charge in [0.25, 0.3) is 11.4 Å².